The van der Waals surface area contributed by atoms with E-state index in [1.165, 1.54) is 38.5 Å². The van der Waals surface area contributed by atoms with Gasteiger partial charge in [0, 0.05) is 13.0 Å². The molecular formula is C36H74NO7P. The van der Waals surface area contributed by atoms with Crippen LogP contribution in [-0.2, 0) is 27.7 Å². The Morgan fingerprint density at radius 3 is 1.38 bits per heavy atom. The molecule has 0 saturated carbocycles. The summed E-state index contributed by atoms with van der Waals surface area (Å²) < 4.78 is 35.2. The molecule has 1 N–H and O–H groups in total. The van der Waals surface area contributed by atoms with E-state index in [4.69, 9.17) is 18.3 Å². The molecule has 270 valence electrons. The summed E-state index contributed by atoms with van der Waals surface area (Å²) in [5.41, 5.74) is 0. The first kappa shape index (κ1) is 44.5. The molecule has 0 aromatic carbocycles. The van der Waals surface area contributed by atoms with Crippen LogP contribution in [0.2, 0.25) is 0 Å². The number of phosphoric acid groups is 1. The molecule has 0 saturated heterocycles. The van der Waals surface area contributed by atoms with Gasteiger partial charge in [0.15, 0.2) is 0 Å². The van der Waals surface area contributed by atoms with Crippen molar-refractivity contribution in [1.82, 2.24) is 4.90 Å². The Labute approximate surface area is 278 Å². The van der Waals surface area contributed by atoms with Crippen LogP contribution in [0.1, 0.15) is 175 Å². The van der Waals surface area contributed by atoms with Crippen LogP contribution in [0.5, 0.6) is 0 Å². The minimum Gasteiger partial charge on any atom is -0.466 e. The first-order chi connectivity index (χ1) is 22.0. The molecule has 0 rings (SSSR count). The number of phosphoric ester groups is 1. The summed E-state index contributed by atoms with van der Waals surface area (Å²) >= 11 is 0. The molecule has 0 aromatic rings. The number of aliphatic hydroxyl groups is 1. The number of nitrogens with zero attached hydrogens (tertiary/aromatic N) is 1. The van der Waals surface area contributed by atoms with E-state index >= 15 is 0 Å². The van der Waals surface area contributed by atoms with Gasteiger partial charge in [-0.05, 0) is 58.0 Å². The largest absolute Gasteiger partial charge is 0.474 e. The molecule has 0 heterocycles. The minimum absolute atomic E-state index is 0.0429. The highest BCUT2D eigenvalue weighted by atomic mass is 31.2. The molecule has 0 aliphatic rings. The number of rotatable bonds is 37. The molecule has 0 aliphatic carbocycles. The molecule has 0 aliphatic heterocycles. The van der Waals surface area contributed by atoms with Crippen molar-refractivity contribution in [3.63, 3.8) is 0 Å². The van der Waals surface area contributed by atoms with Crippen molar-refractivity contribution in [2.45, 2.75) is 175 Å². The highest BCUT2D eigenvalue weighted by Gasteiger charge is 2.26. The van der Waals surface area contributed by atoms with E-state index in [9.17, 15) is 14.5 Å². The fourth-order valence-electron chi connectivity index (χ4n) is 5.24. The summed E-state index contributed by atoms with van der Waals surface area (Å²) in [7, 11) is -3.46. The molecule has 9 heteroatoms. The minimum atomic E-state index is -3.46. The third-order valence-corrected chi connectivity index (χ3v) is 9.64. The molecule has 0 amide bonds. The molecule has 0 fully saturated rings. The number of ether oxygens (including phenoxy) is 1. The average Bonchev–Trinajstić information content (AvgIpc) is 3.03. The maximum atomic E-state index is 13.0. The zero-order chi connectivity index (χ0) is 33.1. The lowest BCUT2D eigenvalue weighted by Gasteiger charge is -2.21. The van der Waals surface area contributed by atoms with E-state index in [0.717, 1.165) is 129 Å². The van der Waals surface area contributed by atoms with E-state index in [1.54, 1.807) is 0 Å². The molecule has 45 heavy (non-hydrogen) atoms. The lowest BCUT2D eigenvalue weighted by atomic mass is 10.1. The quantitative estimate of drug-likeness (QED) is 0.0399. The zero-order valence-corrected chi connectivity index (χ0v) is 30.8. The van der Waals surface area contributed by atoms with Crippen LogP contribution < -0.4 is 0 Å². The topological polar surface area (TPSA) is 94.5 Å². The molecule has 0 bridgehead atoms. The van der Waals surface area contributed by atoms with Crippen LogP contribution in [-0.4, -0.2) is 68.6 Å². The van der Waals surface area contributed by atoms with Gasteiger partial charge in [0.2, 0.25) is 0 Å². The number of esters is 1. The van der Waals surface area contributed by atoms with Crippen LogP contribution in [0, 0.1) is 0 Å². The predicted molar refractivity (Wildman–Crippen MR) is 188 cm³/mol. The van der Waals surface area contributed by atoms with E-state index in [0.29, 0.717) is 32.8 Å². The highest BCUT2D eigenvalue weighted by molar-refractivity contribution is 7.48. The van der Waals surface area contributed by atoms with E-state index in [2.05, 4.69) is 25.7 Å². The Bertz CT molecular complexity index is 667. The fourth-order valence-corrected chi connectivity index (χ4v) is 6.52. The van der Waals surface area contributed by atoms with Crippen molar-refractivity contribution in [2.75, 3.05) is 52.7 Å². The number of carbonyl (C=O) groups excluding carboxylic acids is 1. The second-order valence-electron chi connectivity index (χ2n) is 12.6. The van der Waals surface area contributed by atoms with Crippen LogP contribution in [0.3, 0.4) is 0 Å². The van der Waals surface area contributed by atoms with Crippen molar-refractivity contribution < 1.29 is 32.8 Å². The Balaban J connectivity index is 3.85. The Kier molecular flexibility index (Phi) is 34.4. The number of unbranched alkanes of at least 4 members (excludes halogenated alkanes) is 18. The Hall–Kier alpha value is -0.500. The third-order valence-electron chi connectivity index (χ3n) is 8.15. The van der Waals surface area contributed by atoms with Gasteiger partial charge < -0.3 is 14.7 Å². The summed E-state index contributed by atoms with van der Waals surface area (Å²) in [4.78, 5) is 14.2. The zero-order valence-electron chi connectivity index (χ0n) is 29.9. The fraction of sp³-hybridized carbons (Fsp3) is 0.972. The van der Waals surface area contributed by atoms with Gasteiger partial charge in [-0.15, -0.1) is 0 Å². The lowest BCUT2D eigenvalue weighted by Crippen LogP contribution is -2.29. The van der Waals surface area contributed by atoms with Gasteiger partial charge in [-0.2, -0.15) is 0 Å². The second-order valence-corrected chi connectivity index (χ2v) is 14.2. The first-order valence-electron chi connectivity index (χ1n) is 19.0. The highest BCUT2D eigenvalue weighted by Crippen LogP contribution is 2.50. The van der Waals surface area contributed by atoms with Crippen molar-refractivity contribution in [2.24, 2.45) is 0 Å². The van der Waals surface area contributed by atoms with Crippen molar-refractivity contribution >= 4 is 13.8 Å². The number of hydrogen-bond acceptors (Lipinski definition) is 8. The second kappa shape index (κ2) is 34.8. The molecule has 0 aromatic heterocycles. The van der Waals surface area contributed by atoms with Crippen LogP contribution in [0.15, 0.2) is 0 Å². The maximum absolute atomic E-state index is 13.0. The third kappa shape index (κ3) is 31.8. The SMILES string of the molecule is CCCCCCOC(=O)CCCCCCCN(CCO)CCCCCCCCCOP(=O)(OCCCCC)OCCCCCC. The number of hydrogen-bond donors (Lipinski definition) is 1. The summed E-state index contributed by atoms with van der Waals surface area (Å²) in [5, 5.41) is 9.47. The van der Waals surface area contributed by atoms with Crippen molar-refractivity contribution in [3.05, 3.63) is 0 Å². The van der Waals surface area contributed by atoms with Gasteiger partial charge in [0.25, 0.3) is 0 Å². The molecule has 8 nitrogen and oxygen atoms in total. The summed E-state index contributed by atoms with van der Waals surface area (Å²) in [6.07, 6.45) is 25.7. The molecule has 1 atom stereocenters. The van der Waals surface area contributed by atoms with Crippen LogP contribution in [0.4, 0.5) is 0 Å². The van der Waals surface area contributed by atoms with Crippen LogP contribution in [0.25, 0.3) is 0 Å². The first-order valence-corrected chi connectivity index (χ1v) is 20.5. The smallest absolute Gasteiger partial charge is 0.466 e. The summed E-state index contributed by atoms with van der Waals surface area (Å²) in [5.74, 6) is -0.0429. The monoisotopic (exact) mass is 664 g/mol. The number of carbonyl (C=O) groups is 1. The van der Waals surface area contributed by atoms with Gasteiger partial charge in [0.05, 0.1) is 33.0 Å². The summed E-state index contributed by atoms with van der Waals surface area (Å²) in [6.45, 7) is 11.4. The van der Waals surface area contributed by atoms with Gasteiger partial charge in [-0.3, -0.25) is 18.4 Å². The predicted octanol–water partition coefficient (Wildman–Crippen LogP) is 10.4. The van der Waals surface area contributed by atoms with E-state index in [-0.39, 0.29) is 12.6 Å². The molecular weight excluding hydrogens is 589 g/mol. The van der Waals surface area contributed by atoms with Gasteiger partial charge >= 0.3 is 13.8 Å². The summed E-state index contributed by atoms with van der Waals surface area (Å²) in [6, 6.07) is 0. The van der Waals surface area contributed by atoms with Gasteiger partial charge in [0.1, 0.15) is 0 Å². The standard InChI is InChI=1S/C36H74NO7P/c1-4-7-10-24-32-41-36(39)27-20-16-15-18-22-29-37(30-31-38)28-21-17-13-12-14-19-26-35-44-45(40,42-33-23-9-6-3)43-34-25-11-8-5-2/h38H,4-35H2,1-3H3. The van der Waals surface area contributed by atoms with Crippen molar-refractivity contribution in [1.29, 1.82) is 0 Å². The van der Waals surface area contributed by atoms with E-state index < -0.39 is 7.82 Å². The molecule has 0 radical (unpaired) electrons. The van der Waals surface area contributed by atoms with Gasteiger partial charge in [-0.25, -0.2) is 4.57 Å². The van der Waals surface area contributed by atoms with Crippen molar-refractivity contribution in [3.8, 4) is 0 Å². The average molecular weight is 664 g/mol. The van der Waals surface area contributed by atoms with Crippen LogP contribution >= 0.6 is 7.82 Å². The lowest BCUT2D eigenvalue weighted by molar-refractivity contribution is -0.143. The molecule has 1 unspecified atom stereocenters. The Morgan fingerprint density at radius 2 is 0.889 bits per heavy atom. The maximum Gasteiger partial charge on any atom is 0.474 e. The Morgan fingerprint density at radius 1 is 0.511 bits per heavy atom. The van der Waals surface area contributed by atoms with Gasteiger partial charge in [-0.1, -0.05) is 124 Å². The number of aliphatic hydroxyl groups excluding tert-OH is 1. The molecule has 0 spiro atoms. The van der Waals surface area contributed by atoms with E-state index in [1.807, 2.05) is 0 Å². The normalized spacial score (nSPS) is 13.0.